The zero-order chi connectivity index (χ0) is 15.5. The van der Waals surface area contributed by atoms with Crippen LogP contribution in [0.1, 0.15) is 21.6 Å². The van der Waals surface area contributed by atoms with Gasteiger partial charge >= 0.3 is 0 Å². The van der Waals surface area contributed by atoms with E-state index in [2.05, 4.69) is 10.5 Å². The van der Waals surface area contributed by atoms with Gasteiger partial charge < -0.3 is 4.57 Å². The fourth-order valence-corrected chi connectivity index (χ4v) is 2.46. The molecule has 110 valence electrons. The first kappa shape index (κ1) is 14.1. The maximum Gasteiger partial charge on any atom is 0.287 e. The Labute approximate surface area is 129 Å². The number of aryl methyl sites for hydroxylation is 2. The van der Waals surface area contributed by atoms with Gasteiger partial charge in [-0.3, -0.25) is 4.79 Å². The number of hydrogen-bond donors (Lipinski definition) is 1. The summed E-state index contributed by atoms with van der Waals surface area (Å²) >= 11 is 0. The highest BCUT2D eigenvalue weighted by molar-refractivity contribution is 5.99. The highest BCUT2D eigenvalue weighted by Gasteiger charge is 2.12. The third kappa shape index (κ3) is 2.63. The Bertz CT molecular complexity index is 862. The summed E-state index contributed by atoms with van der Waals surface area (Å²) in [5, 5.41) is 5.09. The van der Waals surface area contributed by atoms with E-state index in [0.717, 1.165) is 22.0 Å². The number of rotatable bonds is 3. The fourth-order valence-electron chi connectivity index (χ4n) is 2.46. The lowest BCUT2D eigenvalue weighted by Gasteiger charge is -2.03. The van der Waals surface area contributed by atoms with Gasteiger partial charge in [0.2, 0.25) is 0 Å². The Morgan fingerprint density at radius 2 is 1.86 bits per heavy atom. The predicted molar refractivity (Wildman–Crippen MR) is 89.2 cm³/mol. The Balaban J connectivity index is 1.79. The smallest absolute Gasteiger partial charge is 0.287 e. The van der Waals surface area contributed by atoms with Gasteiger partial charge in [-0.1, -0.05) is 42.5 Å². The molecule has 0 aliphatic carbocycles. The second kappa shape index (κ2) is 5.85. The van der Waals surface area contributed by atoms with Gasteiger partial charge in [-0.05, 0) is 30.2 Å². The molecule has 1 N–H and O–H groups in total. The number of para-hydroxylation sites is 1. The summed E-state index contributed by atoms with van der Waals surface area (Å²) < 4.78 is 1.87. The lowest BCUT2D eigenvalue weighted by molar-refractivity contribution is 0.0947. The standard InChI is InChI=1S/C18H17N3O/c1-13-7-3-4-9-15(13)12-19-20-18(22)17-11-14-8-5-6-10-16(14)21(17)2/h3-12H,1-2H3,(H,20,22)/b19-12+. The molecule has 4 nitrogen and oxygen atoms in total. The van der Waals surface area contributed by atoms with Crippen LogP contribution in [0.25, 0.3) is 10.9 Å². The van der Waals surface area contributed by atoms with Crippen molar-refractivity contribution >= 4 is 23.0 Å². The summed E-state index contributed by atoms with van der Waals surface area (Å²) in [6.07, 6.45) is 1.66. The molecule has 1 amide bonds. The van der Waals surface area contributed by atoms with Crippen LogP contribution in [0.5, 0.6) is 0 Å². The van der Waals surface area contributed by atoms with Crippen molar-refractivity contribution in [3.8, 4) is 0 Å². The normalized spacial score (nSPS) is 11.2. The molecule has 4 heteroatoms. The molecule has 0 unspecified atom stereocenters. The second-order valence-electron chi connectivity index (χ2n) is 5.20. The van der Waals surface area contributed by atoms with E-state index in [1.54, 1.807) is 6.21 Å². The molecule has 0 fully saturated rings. The number of carbonyl (C=O) groups is 1. The predicted octanol–water partition coefficient (Wildman–Crippen LogP) is 3.25. The van der Waals surface area contributed by atoms with Crippen LogP contribution in [0.2, 0.25) is 0 Å². The van der Waals surface area contributed by atoms with Gasteiger partial charge in [-0.2, -0.15) is 5.10 Å². The fraction of sp³-hybridized carbons (Fsp3) is 0.111. The SMILES string of the molecule is Cc1ccccc1/C=N/NC(=O)c1cc2ccccc2n1C. The van der Waals surface area contributed by atoms with E-state index in [0.29, 0.717) is 5.69 Å². The van der Waals surface area contributed by atoms with Crippen molar-refractivity contribution in [3.05, 3.63) is 71.4 Å². The Hall–Kier alpha value is -2.88. The molecular formula is C18H17N3O. The number of hydrazone groups is 1. The second-order valence-corrected chi connectivity index (χ2v) is 5.20. The number of hydrogen-bond acceptors (Lipinski definition) is 2. The third-order valence-electron chi connectivity index (χ3n) is 3.74. The first-order chi connectivity index (χ1) is 10.7. The van der Waals surface area contributed by atoms with Crippen molar-refractivity contribution in [2.24, 2.45) is 12.1 Å². The van der Waals surface area contributed by atoms with Gasteiger partial charge in [-0.15, -0.1) is 0 Å². The zero-order valence-corrected chi connectivity index (χ0v) is 12.6. The maximum atomic E-state index is 12.3. The molecule has 1 heterocycles. The van der Waals surface area contributed by atoms with Crippen LogP contribution in [0.3, 0.4) is 0 Å². The molecule has 0 aliphatic rings. The number of nitrogens with one attached hydrogen (secondary N) is 1. The summed E-state index contributed by atoms with van der Waals surface area (Å²) in [7, 11) is 1.88. The number of aromatic nitrogens is 1. The Kier molecular flexibility index (Phi) is 3.74. The summed E-state index contributed by atoms with van der Waals surface area (Å²) in [6.45, 7) is 2.01. The highest BCUT2D eigenvalue weighted by Crippen LogP contribution is 2.18. The Morgan fingerprint density at radius 1 is 1.14 bits per heavy atom. The van der Waals surface area contributed by atoms with Gasteiger partial charge in [0.15, 0.2) is 0 Å². The molecule has 0 saturated heterocycles. The van der Waals surface area contributed by atoms with E-state index in [-0.39, 0.29) is 5.91 Å². The number of benzene rings is 2. The largest absolute Gasteiger partial charge is 0.340 e. The molecule has 2 aromatic carbocycles. The number of nitrogens with zero attached hydrogens (tertiary/aromatic N) is 2. The molecule has 1 aromatic heterocycles. The van der Waals surface area contributed by atoms with Crippen LogP contribution < -0.4 is 5.43 Å². The molecule has 0 radical (unpaired) electrons. The average Bonchev–Trinajstić information content (AvgIpc) is 2.87. The van der Waals surface area contributed by atoms with Crippen molar-refractivity contribution in [1.82, 2.24) is 9.99 Å². The minimum atomic E-state index is -0.219. The van der Waals surface area contributed by atoms with Gasteiger partial charge in [0.05, 0.1) is 6.21 Å². The van der Waals surface area contributed by atoms with Gasteiger partial charge in [0, 0.05) is 18.0 Å². The highest BCUT2D eigenvalue weighted by atomic mass is 16.2. The third-order valence-corrected chi connectivity index (χ3v) is 3.74. The molecule has 22 heavy (non-hydrogen) atoms. The molecule has 0 spiro atoms. The lowest BCUT2D eigenvalue weighted by atomic mass is 10.1. The Morgan fingerprint density at radius 3 is 2.64 bits per heavy atom. The summed E-state index contributed by atoms with van der Waals surface area (Å²) in [4.78, 5) is 12.3. The minimum Gasteiger partial charge on any atom is -0.340 e. The molecule has 0 atom stereocenters. The van der Waals surface area contributed by atoms with Crippen molar-refractivity contribution in [2.75, 3.05) is 0 Å². The van der Waals surface area contributed by atoms with E-state index < -0.39 is 0 Å². The molecule has 3 rings (SSSR count). The minimum absolute atomic E-state index is 0.219. The van der Waals surface area contributed by atoms with Gasteiger partial charge in [-0.25, -0.2) is 5.43 Å². The first-order valence-corrected chi connectivity index (χ1v) is 7.10. The van der Waals surface area contributed by atoms with Crippen molar-refractivity contribution in [1.29, 1.82) is 0 Å². The van der Waals surface area contributed by atoms with E-state index in [9.17, 15) is 4.79 Å². The number of fused-ring (bicyclic) bond motifs is 1. The summed E-state index contributed by atoms with van der Waals surface area (Å²) in [5.74, 6) is -0.219. The van der Waals surface area contributed by atoms with Crippen LogP contribution in [-0.4, -0.2) is 16.7 Å². The van der Waals surface area contributed by atoms with Crippen LogP contribution in [-0.2, 0) is 7.05 Å². The van der Waals surface area contributed by atoms with Crippen LogP contribution in [0.15, 0.2) is 59.7 Å². The van der Waals surface area contributed by atoms with E-state index >= 15 is 0 Å². The van der Waals surface area contributed by atoms with Crippen molar-refractivity contribution in [2.45, 2.75) is 6.92 Å². The monoisotopic (exact) mass is 291 g/mol. The molecule has 0 saturated carbocycles. The summed E-state index contributed by atoms with van der Waals surface area (Å²) in [6, 6.07) is 17.6. The quantitative estimate of drug-likeness (QED) is 0.584. The molecule has 0 aliphatic heterocycles. The van der Waals surface area contributed by atoms with Crippen molar-refractivity contribution < 1.29 is 4.79 Å². The average molecular weight is 291 g/mol. The first-order valence-electron chi connectivity index (χ1n) is 7.10. The molecule has 0 bridgehead atoms. The van der Waals surface area contributed by atoms with E-state index in [4.69, 9.17) is 0 Å². The van der Waals surface area contributed by atoms with Gasteiger partial charge in [0.25, 0.3) is 5.91 Å². The van der Waals surface area contributed by atoms with Crippen LogP contribution in [0.4, 0.5) is 0 Å². The van der Waals surface area contributed by atoms with Crippen molar-refractivity contribution in [3.63, 3.8) is 0 Å². The van der Waals surface area contributed by atoms with E-state index in [1.807, 2.05) is 73.1 Å². The number of amides is 1. The van der Waals surface area contributed by atoms with Crippen LogP contribution in [0, 0.1) is 6.92 Å². The zero-order valence-electron chi connectivity index (χ0n) is 12.6. The lowest BCUT2D eigenvalue weighted by Crippen LogP contribution is -2.20. The summed E-state index contributed by atoms with van der Waals surface area (Å²) in [5.41, 5.74) is 6.30. The topological polar surface area (TPSA) is 46.4 Å². The van der Waals surface area contributed by atoms with Crippen LogP contribution >= 0.6 is 0 Å². The molecular weight excluding hydrogens is 274 g/mol. The molecule has 3 aromatic rings. The number of carbonyl (C=O) groups excluding carboxylic acids is 1. The van der Waals surface area contributed by atoms with E-state index in [1.165, 1.54) is 0 Å². The maximum absolute atomic E-state index is 12.3. The van der Waals surface area contributed by atoms with Gasteiger partial charge in [0.1, 0.15) is 5.69 Å².